The molecule has 1 amide bonds. The number of nitrogens with zero attached hydrogens (tertiary/aromatic N) is 2. The minimum atomic E-state index is -0.249. The number of hydrogen-bond donors (Lipinski definition) is 3. The molecule has 2 rings (SSSR count). The Morgan fingerprint density at radius 2 is 2.28 bits per heavy atom. The Hall–Kier alpha value is -2.37. The zero-order valence-corrected chi connectivity index (χ0v) is 10.3. The molecule has 0 fully saturated rings. The molecule has 1 aromatic heterocycles. The van der Waals surface area contributed by atoms with Gasteiger partial charge in [0.05, 0.1) is 11.6 Å². The summed E-state index contributed by atoms with van der Waals surface area (Å²) in [6.45, 7) is 3.75. The van der Waals surface area contributed by atoms with E-state index >= 15 is 0 Å². The van der Waals surface area contributed by atoms with E-state index in [1.54, 1.807) is 12.1 Å². The standard InChI is InChI=1S/C12H15N5O/c1-7-3-4-9(10(13)5-7)12(18)16-8(2)11-14-6-15-17-11/h3-6,8H,13H2,1-2H3,(H,16,18)(H,14,15,17). The van der Waals surface area contributed by atoms with Crippen LogP contribution in [0.5, 0.6) is 0 Å². The molecule has 0 saturated carbocycles. The van der Waals surface area contributed by atoms with Crippen molar-refractivity contribution in [2.45, 2.75) is 19.9 Å². The third-order valence-corrected chi connectivity index (χ3v) is 2.64. The Morgan fingerprint density at radius 3 is 2.89 bits per heavy atom. The second-order valence-electron chi connectivity index (χ2n) is 4.16. The smallest absolute Gasteiger partial charge is 0.253 e. The van der Waals surface area contributed by atoms with Crippen molar-refractivity contribution in [1.29, 1.82) is 0 Å². The van der Waals surface area contributed by atoms with Crippen LogP contribution in [-0.2, 0) is 0 Å². The lowest BCUT2D eigenvalue weighted by Gasteiger charge is -2.12. The van der Waals surface area contributed by atoms with E-state index in [1.807, 2.05) is 19.9 Å². The van der Waals surface area contributed by atoms with Gasteiger partial charge in [0.15, 0.2) is 0 Å². The van der Waals surface area contributed by atoms with Gasteiger partial charge < -0.3 is 11.1 Å². The summed E-state index contributed by atoms with van der Waals surface area (Å²) < 4.78 is 0. The first kappa shape index (κ1) is 12.1. The molecule has 1 atom stereocenters. The van der Waals surface area contributed by atoms with Gasteiger partial charge >= 0.3 is 0 Å². The minimum Gasteiger partial charge on any atom is -0.398 e. The Bertz CT molecular complexity index is 550. The molecule has 6 nitrogen and oxygen atoms in total. The van der Waals surface area contributed by atoms with Gasteiger partial charge in [-0.1, -0.05) is 6.07 Å². The SMILES string of the molecule is Cc1ccc(C(=O)NC(C)c2ncn[nH]2)c(N)c1. The first-order valence-electron chi connectivity index (χ1n) is 5.60. The quantitative estimate of drug-likeness (QED) is 0.707. The molecule has 0 radical (unpaired) electrons. The van der Waals surface area contributed by atoms with Crippen LogP contribution in [0, 0.1) is 6.92 Å². The van der Waals surface area contributed by atoms with Crippen LogP contribution in [0.4, 0.5) is 5.69 Å². The molecular formula is C12H15N5O. The third-order valence-electron chi connectivity index (χ3n) is 2.64. The summed E-state index contributed by atoms with van der Waals surface area (Å²) in [6.07, 6.45) is 1.40. The molecule has 0 bridgehead atoms. The second kappa shape index (κ2) is 4.87. The monoisotopic (exact) mass is 245 g/mol. The molecule has 0 saturated heterocycles. The number of nitrogens with two attached hydrogens (primary N) is 1. The normalized spacial score (nSPS) is 12.1. The topological polar surface area (TPSA) is 96.7 Å². The van der Waals surface area contributed by atoms with Crippen LogP contribution in [0.15, 0.2) is 24.5 Å². The highest BCUT2D eigenvalue weighted by molar-refractivity contribution is 5.99. The molecule has 0 aliphatic heterocycles. The lowest BCUT2D eigenvalue weighted by Crippen LogP contribution is -2.28. The number of aromatic nitrogens is 3. The van der Waals surface area contributed by atoms with E-state index < -0.39 is 0 Å². The fourth-order valence-corrected chi connectivity index (χ4v) is 1.66. The highest BCUT2D eigenvalue weighted by atomic mass is 16.1. The number of nitrogens with one attached hydrogen (secondary N) is 2. The third kappa shape index (κ3) is 2.48. The Labute approximate surface area is 105 Å². The van der Waals surface area contributed by atoms with Crippen molar-refractivity contribution >= 4 is 11.6 Å². The van der Waals surface area contributed by atoms with Crippen molar-refractivity contribution in [3.63, 3.8) is 0 Å². The Balaban J connectivity index is 2.12. The number of rotatable bonds is 3. The van der Waals surface area contributed by atoms with Crippen molar-refractivity contribution in [2.24, 2.45) is 0 Å². The van der Waals surface area contributed by atoms with Gasteiger partial charge in [-0.3, -0.25) is 9.89 Å². The summed E-state index contributed by atoms with van der Waals surface area (Å²) in [5, 5.41) is 9.26. The number of aryl methyl sites for hydroxylation is 1. The number of carbonyl (C=O) groups excluding carboxylic acids is 1. The fourth-order valence-electron chi connectivity index (χ4n) is 1.66. The first-order chi connectivity index (χ1) is 8.58. The van der Waals surface area contributed by atoms with Crippen molar-refractivity contribution < 1.29 is 4.79 Å². The van der Waals surface area contributed by atoms with Gasteiger partial charge in [0.1, 0.15) is 12.2 Å². The maximum absolute atomic E-state index is 12.0. The van der Waals surface area contributed by atoms with Crippen LogP contribution in [0.2, 0.25) is 0 Å². The number of hydrogen-bond acceptors (Lipinski definition) is 4. The molecule has 2 aromatic rings. The predicted octanol–water partition coefficient (Wildman–Crippen LogP) is 1.19. The summed E-state index contributed by atoms with van der Waals surface area (Å²) in [6, 6.07) is 5.09. The average molecular weight is 245 g/mol. The average Bonchev–Trinajstić information content (AvgIpc) is 2.81. The molecule has 94 valence electrons. The number of amides is 1. The molecule has 1 heterocycles. The van der Waals surface area contributed by atoms with Gasteiger partial charge in [-0.25, -0.2) is 4.98 Å². The van der Waals surface area contributed by atoms with Crippen LogP contribution in [0.3, 0.4) is 0 Å². The highest BCUT2D eigenvalue weighted by Crippen LogP contribution is 2.15. The number of nitrogen functional groups attached to an aromatic ring is 1. The Kier molecular flexibility index (Phi) is 3.27. The highest BCUT2D eigenvalue weighted by Gasteiger charge is 2.15. The van der Waals surface area contributed by atoms with Crippen LogP contribution >= 0.6 is 0 Å². The molecule has 0 spiro atoms. The number of benzene rings is 1. The van der Waals surface area contributed by atoms with Crippen molar-refractivity contribution in [3.05, 3.63) is 41.5 Å². The van der Waals surface area contributed by atoms with Gasteiger partial charge in [0.2, 0.25) is 0 Å². The molecule has 0 aliphatic carbocycles. The zero-order chi connectivity index (χ0) is 13.1. The summed E-state index contributed by atoms with van der Waals surface area (Å²) >= 11 is 0. The summed E-state index contributed by atoms with van der Waals surface area (Å²) in [5.74, 6) is 0.380. The molecule has 4 N–H and O–H groups in total. The number of aromatic amines is 1. The minimum absolute atomic E-state index is 0.226. The lowest BCUT2D eigenvalue weighted by atomic mass is 10.1. The van der Waals surface area contributed by atoms with Crippen molar-refractivity contribution in [1.82, 2.24) is 20.5 Å². The molecule has 6 heteroatoms. The van der Waals surface area contributed by atoms with Crippen LogP contribution < -0.4 is 11.1 Å². The van der Waals surface area contributed by atoms with E-state index in [4.69, 9.17) is 5.73 Å². The zero-order valence-electron chi connectivity index (χ0n) is 10.3. The van der Waals surface area contributed by atoms with Gasteiger partial charge in [-0.2, -0.15) is 5.10 Å². The van der Waals surface area contributed by atoms with E-state index in [0.29, 0.717) is 17.1 Å². The van der Waals surface area contributed by atoms with Gasteiger partial charge in [0.25, 0.3) is 5.91 Å². The summed E-state index contributed by atoms with van der Waals surface area (Å²) in [7, 11) is 0. The molecular weight excluding hydrogens is 230 g/mol. The maximum atomic E-state index is 12.0. The molecule has 1 aromatic carbocycles. The van der Waals surface area contributed by atoms with E-state index in [9.17, 15) is 4.79 Å². The van der Waals surface area contributed by atoms with Crippen LogP contribution in [-0.4, -0.2) is 21.1 Å². The van der Waals surface area contributed by atoms with E-state index in [2.05, 4.69) is 20.5 Å². The summed E-state index contributed by atoms with van der Waals surface area (Å²) in [4.78, 5) is 16.0. The number of anilines is 1. The molecule has 1 unspecified atom stereocenters. The van der Waals surface area contributed by atoms with Crippen LogP contribution in [0.25, 0.3) is 0 Å². The first-order valence-corrected chi connectivity index (χ1v) is 5.60. The van der Waals surface area contributed by atoms with Gasteiger partial charge in [-0.05, 0) is 31.5 Å². The van der Waals surface area contributed by atoms with E-state index in [0.717, 1.165) is 5.56 Å². The number of carbonyl (C=O) groups is 1. The summed E-state index contributed by atoms with van der Waals surface area (Å²) in [5.41, 5.74) is 7.78. The van der Waals surface area contributed by atoms with Gasteiger partial charge in [0, 0.05) is 5.69 Å². The van der Waals surface area contributed by atoms with Crippen molar-refractivity contribution in [3.8, 4) is 0 Å². The van der Waals surface area contributed by atoms with Gasteiger partial charge in [-0.15, -0.1) is 0 Å². The molecule has 18 heavy (non-hydrogen) atoms. The van der Waals surface area contributed by atoms with Crippen LogP contribution in [0.1, 0.15) is 34.7 Å². The fraction of sp³-hybridized carbons (Fsp3) is 0.250. The predicted molar refractivity (Wildman–Crippen MR) is 67.9 cm³/mol. The second-order valence-corrected chi connectivity index (χ2v) is 4.16. The van der Waals surface area contributed by atoms with Crippen molar-refractivity contribution in [2.75, 3.05) is 5.73 Å². The Morgan fingerprint density at radius 1 is 1.50 bits per heavy atom. The molecule has 0 aliphatic rings. The van der Waals surface area contributed by atoms with E-state index in [1.165, 1.54) is 6.33 Å². The number of H-pyrrole nitrogens is 1. The largest absolute Gasteiger partial charge is 0.398 e. The lowest BCUT2D eigenvalue weighted by molar-refractivity contribution is 0.0939. The van der Waals surface area contributed by atoms with E-state index in [-0.39, 0.29) is 11.9 Å². The maximum Gasteiger partial charge on any atom is 0.253 e.